The number of hydrogen-bond donors (Lipinski definition) is 2. The van der Waals surface area contributed by atoms with Gasteiger partial charge in [0, 0.05) is 25.7 Å². The number of halogens is 1. The van der Waals surface area contributed by atoms with Crippen LogP contribution in [0.4, 0.5) is 0 Å². The standard InChI is InChI=1S/C18H30N4O2.HI/c1-14(24-17-9-5-8-16(11-17)23-4)12-20-18(19-2)21-13-15-7-6-10-22(15)3;/h5,8-9,11,14-15H,6-7,10,12-13H2,1-4H3,(H2,19,20,21);1H. The molecule has 2 atom stereocenters. The molecule has 142 valence electrons. The summed E-state index contributed by atoms with van der Waals surface area (Å²) < 4.78 is 11.1. The molecule has 0 bridgehead atoms. The molecule has 1 aromatic carbocycles. The van der Waals surface area contributed by atoms with Gasteiger partial charge in [-0.3, -0.25) is 4.99 Å². The third-order valence-electron chi connectivity index (χ3n) is 4.34. The third-order valence-corrected chi connectivity index (χ3v) is 4.34. The molecule has 1 aromatic rings. The van der Waals surface area contributed by atoms with E-state index >= 15 is 0 Å². The summed E-state index contributed by atoms with van der Waals surface area (Å²) in [5.41, 5.74) is 0. The summed E-state index contributed by atoms with van der Waals surface area (Å²) in [6.45, 7) is 4.81. The topological polar surface area (TPSA) is 58.1 Å². The molecular weight excluding hydrogens is 431 g/mol. The van der Waals surface area contributed by atoms with Crippen molar-refractivity contribution in [2.24, 2.45) is 4.99 Å². The number of nitrogens with zero attached hydrogens (tertiary/aromatic N) is 2. The van der Waals surface area contributed by atoms with Crippen LogP contribution in [0.25, 0.3) is 0 Å². The molecule has 1 heterocycles. The average Bonchev–Trinajstić information content (AvgIpc) is 3.00. The van der Waals surface area contributed by atoms with Crippen LogP contribution in [-0.2, 0) is 0 Å². The minimum absolute atomic E-state index is 0. The molecule has 0 radical (unpaired) electrons. The van der Waals surface area contributed by atoms with Crippen LogP contribution >= 0.6 is 24.0 Å². The Hall–Kier alpha value is -1.22. The highest BCUT2D eigenvalue weighted by molar-refractivity contribution is 14.0. The van der Waals surface area contributed by atoms with Gasteiger partial charge in [0.05, 0.1) is 13.7 Å². The van der Waals surface area contributed by atoms with Gasteiger partial charge < -0.3 is 25.0 Å². The summed E-state index contributed by atoms with van der Waals surface area (Å²) >= 11 is 0. The van der Waals surface area contributed by atoms with Crippen molar-refractivity contribution in [3.05, 3.63) is 24.3 Å². The lowest BCUT2D eigenvalue weighted by atomic mass is 10.2. The Bertz CT molecular complexity index is 542. The first kappa shape index (κ1) is 21.8. The predicted molar refractivity (Wildman–Crippen MR) is 114 cm³/mol. The lowest BCUT2D eigenvalue weighted by Crippen LogP contribution is -2.46. The number of hydrogen-bond acceptors (Lipinski definition) is 4. The molecule has 1 saturated heterocycles. The molecule has 0 aromatic heterocycles. The van der Waals surface area contributed by atoms with Crippen molar-refractivity contribution in [3.8, 4) is 11.5 Å². The number of ether oxygens (including phenoxy) is 2. The summed E-state index contributed by atoms with van der Waals surface area (Å²) in [7, 11) is 5.63. The fraction of sp³-hybridized carbons (Fsp3) is 0.611. The van der Waals surface area contributed by atoms with Crippen LogP contribution in [0.2, 0.25) is 0 Å². The van der Waals surface area contributed by atoms with Gasteiger partial charge in [0.1, 0.15) is 17.6 Å². The van der Waals surface area contributed by atoms with Gasteiger partial charge in [0.2, 0.25) is 0 Å². The van der Waals surface area contributed by atoms with Crippen molar-refractivity contribution in [1.82, 2.24) is 15.5 Å². The summed E-state index contributed by atoms with van der Waals surface area (Å²) in [5, 5.41) is 6.72. The maximum absolute atomic E-state index is 5.91. The number of likely N-dealkylation sites (N-methyl/N-ethyl adjacent to an activating group) is 1. The summed E-state index contributed by atoms with van der Waals surface area (Å²) in [4.78, 5) is 6.68. The van der Waals surface area contributed by atoms with E-state index in [2.05, 4.69) is 27.6 Å². The first-order valence-electron chi connectivity index (χ1n) is 8.58. The average molecular weight is 462 g/mol. The van der Waals surface area contributed by atoms with Crippen LogP contribution in [0.15, 0.2) is 29.3 Å². The highest BCUT2D eigenvalue weighted by atomic mass is 127. The van der Waals surface area contributed by atoms with Gasteiger partial charge in [-0.1, -0.05) is 6.07 Å². The first-order chi connectivity index (χ1) is 11.6. The maximum Gasteiger partial charge on any atom is 0.191 e. The zero-order chi connectivity index (χ0) is 17.4. The van der Waals surface area contributed by atoms with E-state index in [9.17, 15) is 0 Å². The van der Waals surface area contributed by atoms with E-state index in [4.69, 9.17) is 9.47 Å². The largest absolute Gasteiger partial charge is 0.497 e. The second-order valence-corrected chi connectivity index (χ2v) is 6.22. The van der Waals surface area contributed by atoms with Gasteiger partial charge in [-0.2, -0.15) is 0 Å². The van der Waals surface area contributed by atoms with E-state index in [1.807, 2.05) is 31.2 Å². The van der Waals surface area contributed by atoms with Crippen molar-refractivity contribution in [2.75, 3.05) is 40.8 Å². The zero-order valence-corrected chi connectivity index (χ0v) is 17.9. The van der Waals surface area contributed by atoms with Crippen molar-refractivity contribution >= 4 is 29.9 Å². The summed E-state index contributed by atoms with van der Waals surface area (Å²) in [5.74, 6) is 2.42. The molecular formula is C18H31IN4O2. The Kier molecular flexibility index (Phi) is 9.96. The van der Waals surface area contributed by atoms with Gasteiger partial charge in [0.25, 0.3) is 0 Å². The fourth-order valence-electron chi connectivity index (χ4n) is 2.86. The molecule has 7 heteroatoms. The second kappa shape index (κ2) is 11.4. The fourth-order valence-corrected chi connectivity index (χ4v) is 2.86. The SMILES string of the molecule is CN=C(NCC(C)Oc1cccc(OC)c1)NCC1CCCN1C.I. The quantitative estimate of drug-likeness (QED) is 0.370. The number of benzene rings is 1. The lowest BCUT2D eigenvalue weighted by molar-refractivity contribution is 0.222. The maximum atomic E-state index is 5.91. The van der Waals surface area contributed by atoms with E-state index in [0.717, 1.165) is 24.0 Å². The second-order valence-electron chi connectivity index (χ2n) is 6.22. The summed E-state index contributed by atoms with van der Waals surface area (Å²) in [6, 6.07) is 8.24. The minimum atomic E-state index is 0. The lowest BCUT2D eigenvalue weighted by Gasteiger charge is -2.22. The molecule has 2 N–H and O–H groups in total. The number of methoxy groups -OCH3 is 1. The van der Waals surface area contributed by atoms with Crippen molar-refractivity contribution in [2.45, 2.75) is 31.9 Å². The van der Waals surface area contributed by atoms with Crippen LogP contribution in [0.3, 0.4) is 0 Å². The van der Waals surface area contributed by atoms with E-state index in [1.54, 1.807) is 14.2 Å². The van der Waals surface area contributed by atoms with Gasteiger partial charge >= 0.3 is 0 Å². The smallest absolute Gasteiger partial charge is 0.191 e. The Morgan fingerprint density at radius 2 is 2.12 bits per heavy atom. The van der Waals surface area contributed by atoms with Crippen molar-refractivity contribution in [3.63, 3.8) is 0 Å². The van der Waals surface area contributed by atoms with Crippen LogP contribution in [-0.4, -0.2) is 63.8 Å². The molecule has 1 aliphatic rings. The number of guanidine groups is 1. The van der Waals surface area contributed by atoms with Gasteiger partial charge in [0.15, 0.2) is 5.96 Å². The van der Waals surface area contributed by atoms with Crippen LogP contribution in [0.5, 0.6) is 11.5 Å². The number of likely N-dealkylation sites (tertiary alicyclic amines) is 1. The number of rotatable bonds is 7. The molecule has 2 rings (SSSR count). The van der Waals surface area contributed by atoms with Crippen LogP contribution < -0.4 is 20.1 Å². The highest BCUT2D eigenvalue weighted by Crippen LogP contribution is 2.19. The van der Waals surface area contributed by atoms with Gasteiger partial charge in [-0.05, 0) is 45.5 Å². The van der Waals surface area contributed by atoms with E-state index in [1.165, 1.54) is 19.4 Å². The van der Waals surface area contributed by atoms with Gasteiger partial charge in [-0.15, -0.1) is 24.0 Å². The van der Waals surface area contributed by atoms with Crippen molar-refractivity contribution in [1.29, 1.82) is 0 Å². The minimum Gasteiger partial charge on any atom is -0.497 e. The molecule has 0 spiro atoms. The van der Waals surface area contributed by atoms with Gasteiger partial charge in [-0.25, -0.2) is 0 Å². The normalized spacial score (nSPS) is 19.0. The molecule has 0 aliphatic carbocycles. The molecule has 0 saturated carbocycles. The van der Waals surface area contributed by atoms with Crippen LogP contribution in [0.1, 0.15) is 19.8 Å². The van der Waals surface area contributed by atoms with Crippen molar-refractivity contribution < 1.29 is 9.47 Å². The summed E-state index contributed by atoms with van der Waals surface area (Å²) in [6.07, 6.45) is 2.54. The van der Waals surface area contributed by atoms with E-state index < -0.39 is 0 Å². The van der Waals surface area contributed by atoms with Crippen LogP contribution in [0, 0.1) is 0 Å². The molecule has 1 aliphatic heterocycles. The Labute approximate surface area is 168 Å². The third kappa shape index (κ3) is 7.27. The Morgan fingerprint density at radius 3 is 2.76 bits per heavy atom. The molecule has 1 fully saturated rings. The molecule has 25 heavy (non-hydrogen) atoms. The number of nitrogens with one attached hydrogen (secondary N) is 2. The molecule has 0 amide bonds. The monoisotopic (exact) mass is 462 g/mol. The van der Waals surface area contributed by atoms with E-state index in [-0.39, 0.29) is 30.1 Å². The number of aliphatic imine (C=N–C) groups is 1. The predicted octanol–water partition coefficient (Wildman–Crippen LogP) is 2.34. The zero-order valence-electron chi connectivity index (χ0n) is 15.6. The Balaban J connectivity index is 0.00000312. The van der Waals surface area contributed by atoms with E-state index in [0.29, 0.717) is 12.6 Å². The highest BCUT2D eigenvalue weighted by Gasteiger charge is 2.20. The first-order valence-corrected chi connectivity index (χ1v) is 8.58. The molecule has 2 unspecified atom stereocenters. The Morgan fingerprint density at radius 1 is 1.36 bits per heavy atom. The molecule has 6 nitrogen and oxygen atoms in total.